The molecule has 0 aliphatic rings. The van der Waals surface area contributed by atoms with Crippen LogP contribution in [0.25, 0.3) is 10.2 Å². The van der Waals surface area contributed by atoms with E-state index in [1.807, 2.05) is 11.5 Å². The van der Waals surface area contributed by atoms with Gasteiger partial charge in [0.1, 0.15) is 11.6 Å². The standard InChI is InChI=1S/C19H18F2N2O3S2/c1-2-10-23-16-8-5-14(21)12-17(16)27-19(23)22-18(24)9-11-28(25,26)15-6-3-13(20)4-7-15/h3-8,12H,2,9-11H2,1H3. The van der Waals surface area contributed by atoms with Gasteiger partial charge < -0.3 is 4.57 Å². The number of fused-ring (bicyclic) bond motifs is 1. The third-order valence-corrected chi connectivity index (χ3v) is 6.84. The molecule has 0 saturated heterocycles. The van der Waals surface area contributed by atoms with E-state index in [0.29, 0.717) is 16.0 Å². The predicted octanol–water partition coefficient (Wildman–Crippen LogP) is 3.68. The fraction of sp³-hybridized carbons (Fsp3) is 0.263. The first-order valence-electron chi connectivity index (χ1n) is 8.65. The van der Waals surface area contributed by atoms with Gasteiger partial charge in [-0.05, 0) is 48.9 Å². The summed E-state index contributed by atoms with van der Waals surface area (Å²) in [5, 5.41) is 0. The van der Waals surface area contributed by atoms with Gasteiger partial charge in [-0.2, -0.15) is 4.99 Å². The molecule has 5 nitrogen and oxygen atoms in total. The molecule has 0 radical (unpaired) electrons. The third-order valence-electron chi connectivity index (χ3n) is 4.07. The highest BCUT2D eigenvalue weighted by molar-refractivity contribution is 7.91. The van der Waals surface area contributed by atoms with Gasteiger partial charge in [0.15, 0.2) is 14.6 Å². The van der Waals surface area contributed by atoms with E-state index in [1.54, 1.807) is 6.07 Å². The Labute approximate surface area is 164 Å². The number of carbonyl (C=O) groups excluding carboxylic acids is 1. The van der Waals surface area contributed by atoms with E-state index in [1.165, 1.54) is 35.6 Å². The minimum Gasteiger partial charge on any atom is -0.316 e. The number of amides is 1. The Morgan fingerprint density at radius 3 is 2.46 bits per heavy atom. The van der Waals surface area contributed by atoms with Crippen LogP contribution in [0.2, 0.25) is 0 Å². The number of sulfone groups is 1. The average Bonchev–Trinajstić information content (AvgIpc) is 2.97. The Bertz CT molecular complexity index is 1180. The Morgan fingerprint density at radius 2 is 1.79 bits per heavy atom. The van der Waals surface area contributed by atoms with Crippen molar-refractivity contribution >= 4 is 37.3 Å². The molecule has 148 valence electrons. The monoisotopic (exact) mass is 424 g/mol. The molecule has 3 aromatic rings. The summed E-state index contributed by atoms with van der Waals surface area (Å²) in [5.41, 5.74) is 0.777. The van der Waals surface area contributed by atoms with Crippen molar-refractivity contribution in [3.05, 3.63) is 58.9 Å². The van der Waals surface area contributed by atoms with E-state index in [-0.39, 0.29) is 17.1 Å². The Morgan fingerprint density at radius 1 is 1.11 bits per heavy atom. The summed E-state index contributed by atoms with van der Waals surface area (Å²) >= 11 is 1.18. The first kappa shape index (κ1) is 20.3. The highest BCUT2D eigenvalue weighted by Gasteiger charge is 2.17. The van der Waals surface area contributed by atoms with Gasteiger partial charge in [-0.1, -0.05) is 18.3 Å². The number of aromatic nitrogens is 1. The molecule has 2 aromatic carbocycles. The molecular weight excluding hydrogens is 406 g/mol. The molecule has 1 amide bonds. The Hall–Kier alpha value is -2.39. The summed E-state index contributed by atoms with van der Waals surface area (Å²) in [5.74, 6) is -1.91. The van der Waals surface area contributed by atoms with Crippen molar-refractivity contribution in [1.29, 1.82) is 0 Å². The van der Waals surface area contributed by atoms with Crippen LogP contribution in [0.4, 0.5) is 8.78 Å². The number of benzene rings is 2. The van der Waals surface area contributed by atoms with Crippen molar-refractivity contribution in [2.24, 2.45) is 4.99 Å². The second kappa shape index (κ2) is 8.32. The van der Waals surface area contributed by atoms with Crippen LogP contribution in [0.3, 0.4) is 0 Å². The zero-order chi connectivity index (χ0) is 20.3. The Balaban J connectivity index is 1.84. The van der Waals surface area contributed by atoms with Gasteiger partial charge in [0.2, 0.25) is 5.91 Å². The Kier molecular flexibility index (Phi) is 6.04. The first-order chi connectivity index (χ1) is 13.3. The fourth-order valence-corrected chi connectivity index (χ4v) is 5.04. The van der Waals surface area contributed by atoms with Crippen molar-refractivity contribution in [2.75, 3.05) is 5.75 Å². The maximum atomic E-state index is 13.5. The van der Waals surface area contributed by atoms with Crippen LogP contribution in [0.1, 0.15) is 19.8 Å². The van der Waals surface area contributed by atoms with Gasteiger partial charge in [-0.15, -0.1) is 0 Å². The fourth-order valence-electron chi connectivity index (χ4n) is 2.72. The van der Waals surface area contributed by atoms with Crippen LogP contribution >= 0.6 is 11.3 Å². The largest absolute Gasteiger partial charge is 0.316 e. The number of hydrogen-bond donors (Lipinski definition) is 0. The van der Waals surface area contributed by atoms with Crippen molar-refractivity contribution in [1.82, 2.24) is 4.57 Å². The lowest BCUT2D eigenvalue weighted by atomic mass is 10.3. The number of carbonyl (C=O) groups is 1. The maximum Gasteiger partial charge on any atom is 0.249 e. The number of nitrogens with zero attached hydrogens (tertiary/aromatic N) is 2. The second-order valence-electron chi connectivity index (χ2n) is 6.18. The van der Waals surface area contributed by atoms with Gasteiger partial charge in [-0.3, -0.25) is 4.79 Å². The van der Waals surface area contributed by atoms with Gasteiger partial charge >= 0.3 is 0 Å². The smallest absolute Gasteiger partial charge is 0.249 e. The molecule has 0 atom stereocenters. The topological polar surface area (TPSA) is 68.5 Å². The summed E-state index contributed by atoms with van der Waals surface area (Å²) in [6.07, 6.45) is 0.498. The van der Waals surface area contributed by atoms with Crippen LogP contribution < -0.4 is 4.80 Å². The van der Waals surface area contributed by atoms with E-state index in [9.17, 15) is 22.0 Å². The number of halogens is 2. The van der Waals surface area contributed by atoms with Crippen molar-refractivity contribution in [2.45, 2.75) is 31.2 Å². The summed E-state index contributed by atoms with van der Waals surface area (Å²) in [6, 6.07) is 8.83. The van der Waals surface area contributed by atoms with E-state index < -0.39 is 27.3 Å². The number of hydrogen-bond acceptors (Lipinski definition) is 4. The van der Waals surface area contributed by atoms with E-state index in [2.05, 4.69) is 4.99 Å². The zero-order valence-corrected chi connectivity index (χ0v) is 16.7. The lowest BCUT2D eigenvalue weighted by Gasteiger charge is -2.03. The van der Waals surface area contributed by atoms with E-state index >= 15 is 0 Å². The van der Waals surface area contributed by atoms with E-state index in [0.717, 1.165) is 24.1 Å². The molecule has 0 N–H and O–H groups in total. The van der Waals surface area contributed by atoms with Crippen LogP contribution in [0.15, 0.2) is 52.4 Å². The first-order valence-corrected chi connectivity index (χ1v) is 11.1. The van der Waals surface area contributed by atoms with Crippen LogP contribution in [0.5, 0.6) is 0 Å². The molecular formula is C19H18F2N2O3S2. The van der Waals surface area contributed by atoms with E-state index in [4.69, 9.17) is 0 Å². The lowest BCUT2D eigenvalue weighted by Crippen LogP contribution is -2.18. The molecule has 0 saturated carbocycles. The summed E-state index contributed by atoms with van der Waals surface area (Å²) in [6.45, 7) is 2.58. The highest BCUT2D eigenvalue weighted by atomic mass is 32.2. The van der Waals surface area contributed by atoms with Gasteiger partial charge in [0.05, 0.1) is 20.9 Å². The molecule has 0 aliphatic carbocycles. The SMILES string of the molecule is CCCn1c(=NC(=O)CCS(=O)(=O)c2ccc(F)cc2)sc2cc(F)ccc21. The number of rotatable bonds is 6. The quantitative estimate of drug-likeness (QED) is 0.567. The zero-order valence-electron chi connectivity index (χ0n) is 15.1. The second-order valence-corrected chi connectivity index (χ2v) is 9.29. The summed E-state index contributed by atoms with van der Waals surface area (Å²) in [7, 11) is -3.72. The van der Waals surface area contributed by atoms with Crippen molar-refractivity contribution in [3.63, 3.8) is 0 Å². The van der Waals surface area contributed by atoms with Crippen LogP contribution in [-0.2, 0) is 21.2 Å². The van der Waals surface area contributed by atoms with Gasteiger partial charge in [0, 0.05) is 13.0 Å². The maximum absolute atomic E-state index is 13.5. The third kappa shape index (κ3) is 4.53. The molecule has 1 heterocycles. The van der Waals surface area contributed by atoms with Crippen molar-refractivity contribution in [3.8, 4) is 0 Å². The molecule has 0 aliphatic heterocycles. The molecule has 0 bridgehead atoms. The molecule has 0 fully saturated rings. The molecule has 0 unspecified atom stereocenters. The molecule has 9 heteroatoms. The minimum atomic E-state index is -3.72. The molecule has 0 spiro atoms. The average molecular weight is 424 g/mol. The minimum absolute atomic E-state index is 0.0416. The molecule has 3 rings (SSSR count). The lowest BCUT2D eigenvalue weighted by molar-refractivity contribution is -0.117. The van der Waals surface area contributed by atoms with Gasteiger partial charge in [-0.25, -0.2) is 17.2 Å². The predicted molar refractivity (Wildman–Crippen MR) is 104 cm³/mol. The summed E-state index contributed by atoms with van der Waals surface area (Å²) in [4.78, 5) is 16.7. The van der Waals surface area contributed by atoms with Crippen molar-refractivity contribution < 1.29 is 22.0 Å². The van der Waals surface area contributed by atoms with Crippen LogP contribution in [0, 0.1) is 11.6 Å². The van der Waals surface area contributed by atoms with Gasteiger partial charge in [0.25, 0.3) is 0 Å². The molecule has 28 heavy (non-hydrogen) atoms. The molecule has 1 aromatic heterocycles. The normalized spacial score (nSPS) is 12.6. The number of aryl methyl sites for hydroxylation is 1. The van der Waals surface area contributed by atoms with Crippen LogP contribution in [-0.4, -0.2) is 24.6 Å². The highest BCUT2D eigenvalue weighted by Crippen LogP contribution is 2.19. The number of thiazole rings is 1. The summed E-state index contributed by atoms with van der Waals surface area (Å²) < 4.78 is 53.5.